The molecule has 0 spiro atoms. The molecule has 11 nitrogen and oxygen atoms in total. The summed E-state index contributed by atoms with van der Waals surface area (Å²) in [4.78, 5) is 40.0. The third kappa shape index (κ3) is 5.46. The second kappa shape index (κ2) is 10.8. The van der Waals surface area contributed by atoms with Crippen LogP contribution in [0.2, 0.25) is 0 Å². The highest BCUT2D eigenvalue weighted by molar-refractivity contribution is 5.94. The zero-order chi connectivity index (χ0) is 24.8. The average molecular weight is 479 g/mol. The largest absolute Gasteiger partial charge is 0.480 e. The number of aromatic nitrogens is 3. The number of nitrogens with zero attached hydrogens (tertiary/aromatic N) is 2. The first-order valence-electron chi connectivity index (χ1n) is 11.0. The molecule has 0 aliphatic heterocycles. The van der Waals surface area contributed by atoms with Gasteiger partial charge in [0.05, 0.1) is 0 Å². The van der Waals surface area contributed by atoms with Crippen LogP contribution in [0.4, 0.5) is 10.7 Å². The van der Waals surface area contributed by atoms with Crippen molar-refractivity contribution in [3.05, 3.63) is 65.5 Å². The lowest BCUT2D eigenvalue weighted by Crippen LogP contribution is -2.41. The lowest BCUT2D eigenvalue weighted by molar-refractivity contribution is -0.139. The van der Waals surface area contributed by atoms with Crippen molar-refractivity contribution in [1.82, 2.24) is 20.5 Å². The Morgan fingerprint density at radius 3 is 2.37 bits per heavy atom. The van der Waals surface area contributed by atoms with Crippen LogP contribution in [0.15, 0.2) is 48.5 Å². The molecule has 0 radical (unpaired) electrons. The Kier molecular flexibility index (Phi) is 7.36. The van der Waals surface area contributed by atoms with E-state index in [1.165, 1.54) is 7.11 Å². The molecule has 0 saturated heterocycles. The minimum Gasteiger partial charge on any atom is -0.480 e. The average Bonchev–Trinajstić information content (AvgIpc) is 3.45. The molecule has 4 rings (SSSR count). The molecule has 3 aromatic rings. The number of rotatable bonds is 10. The van der Waals surface area contributed by atoms with Gasteiger partial charge in [-0.2, -0.15) is 4.98 Å². The van der Waals surface area contributed by atoms with Gasteiger partial charge in [-0.15, -0.1) is 5.10 Å². The number of aromatic amines is 1. The van der Waals surface area contributed by atoms with Crippen LogP contribution in [0.1, 0.15) is 40.5 Å². The number of hydrogen-bond acceptors (Lipinski definition) is 7. The topological polar surface area (TPSA) is 156 Å². The molecule has 1 unspecified atom stereocenters. The second-order valence-electron chi connectivity index (χ2n) is 7.96. The van der Waals surface area contributed by atoms with Gasteiger partial charge in [0, 0.05) is 19.6 Å². The van der Waals surface area contributed by atoms with E-state index >= 15 is 0 Å². The van der Waals surface area contributed by atoms with Gasteiger partial charge in [-0.3, -0.25) is 15.2 Å². The summed E-state index contributed by atoms with van der Waals surface area (Å²) in [7, 11) is 1.51. The minimum atomic E-state index is -1.18. The Balaban J connectivity index is 1.33. The van der Waals surface area contributed by atoms with Crippen molar-refractivity contribution in [3.63, 3.8) is 0 Å². The van der Waals surface area contributed by atoms with Crippen molar-refractivity contribution in [1.29, 1.82) is 0 Å². The van der Waals surface area contributed by atoms with E-state index in [9.17, 15) is 19.5 Å². The number of benzene rings is 2. The maximum Gasteiger partial charge on any atom is 0.414 e. The number of carbonyl (C=O) groups is 3. The van der Waals surface area contributed by atoms with E-state index in [1.807, 2.05) is 48.5 Å². The van der Waals surface area contributed by atoms with Crippen LogP contribution in [0.3, 0.4) is 0 Å². The monoisotopic (exact) mass is 479 g/mol. The maximum atomic E-state index is 12.4. The number of H-pyrrole nitrogens is 1. The van der Waals surface area contributed by atoms with Gasteiger partial charge in [0.1, 0.15) is 12.6 Å². The number of fused-ring (bicyclic) bond motifs is 3. The number of nitrogens with one attached hydrogen (secondary N) is 3. The highest BCUT2D eigenvalue weighted by Gasteiger charge is 2.29. The molecule has 1 aromatic heterocycles. The zero-order valence-electron chi connectivity index (χ0n) is 19.0. The molecule has 1 heterocycles. The fourth-order valence-electron chi connectivity index (χ4n) is 4.06. The first-order valence-corrected chi connectivity index (χ1v) is 11.0. The van der Waals surface area contributed by atoms with Crippen LogP contribution in [0.25, 0.3) is 11.1 Å². The molecule has 1 aliphatic rings. The molecule has 0 fully saturated rings. The number of amides is 2. The van der Waals surface area contributed by atoms with Gasteiger partial charge < -0.3 is 19.9 Å². The van der Waals surface area contributed by atoms with Gasteiger partial charge in [-0.1, -0.05) is 48.5 Å². The zero-order valence-corrected chi connectivity index (χ0v) is 19.0. The molecule has 1 aliphatic carbocycles. The Labute approximate surface area is 200 Å². The van der Waals surface area contributed by atoms with Crippen LogP contribution in [-0.4, -0.2) is 64.6 Å². The summed E-state index contributed by atoms with van der Waals surface area (Å²) in [6.45, 7) is 0.482. The molecule has 0 saturated carbocycles. The van der Waals surface area contributed by atoms with Crippen molar-refractivity contribution in [2.45, 2.75) is 24.8 Å². The van der Waals surface area contributed by atoms with Crippen molar-refractivity contribution < 1.29 is 29.0 Å². The highest BCUT2D eigenvalue weighted by Crippen LogP contribution is 2.44. The molecular formula is C24H25N5O6. The predicted octanol–water partition coefficient (Wildman–Crippen LogP) is 2.78. The van der Waals surface area contributed by atoms with Crippen LogP contribution >= 0.6 is 0 Å². The molecule has 0 bridgehead atoms. The number of methoxy groups -OCH3 is 1. The lowest BCUT2D eigenvalue weighted by atomic mass is 9.98. The van der Waals surface area contributed by atoms with Gasteiger partial charge in [0.15, 0.2) is 0 Å². The van der Waals surface area contributed by atoms with Gasteiger partial charge in [-0.05, 0) is 35.1 Å². The van der Waals surface area contributed by atoms with E-state index in [0.29, 0.717) is 13.0 Å². The summed E-state index contributed by atoms with van der Waals surface area (Å²) < 4.78 is 10.3. The standard InChI is InChI=1S/C24H25N5O6/c1-34-12-6-11-19(22(31)32)25-21(30)20-26-23(29-28-20)27-24(33)35-13-18-16-9-4-2-7-14(16)15-8-3-5-10-17(15)18/h2-5,7-10,18-19H,6,11-13H2,1H3,(H,25,30)(H,31,32)(H2,26,27,28,29,33). The van der Waals surface area contributed by atoms with E-state index in [0.717, 1.165) is 22.3 Å². The van der Waals surface area contributed by atoms with Crippen LogP contribution in [0.5, 0.6) is 0 Å². The lowest BCUT2D eigenvalue weighted by Gasteiger charge is -2.14. The third-order valence-corrected chi connectivity index (χ3v) is 5.70. The summed E-state index contributed by atoms with van der Waals surface area (Å²) in [6, 6.07) is 14.8. The van der Waals surface area contributed by atoms with Crippen molar-refractivity contribution >= 4 is 23.9 Å². The van der Waals surface area contributed by atoms with Gasteiger partial charge in [-0.25, -0.2) is 9.59 Å². The molecule has 1 atom stereocenters. The molecule has 11 heteroatoms. The number of ether oxygens (including phenoxy) is 2. The predicted molar refractivity (Wildman–Crippen MR) is 125 cm³/mol. The van der Waals surface area contributed by atoms with Gasteiger partial charge in [0.2, 0.25) is 5.82 Å². The molecule has 4 N–H and O–H groups in total. The Hall–Kier alpha value is -4.25. The van der Waals surface area contributed by atoms with Crippen molar-refractivity contribution in [2.75, 3.05) is 25.6 Å². The van der Waals surface area contributed by atoms with E-state index in [1.54, 1.807) is 0 Å². The number of hydrogen-bond donors (Lipinski definition) is 4. The van der Waals surface area contributed by atoms with Crippen LogP contribution in [-0.2, 0) is 14.3 Å². The molecular weight excluding hydrogens is 454 g/mol. The summed E-state index contributed by atoms with van der Waals surface area (Å²) in [6.07, 6.45) is -0.132. The summed E-state index contributed by atoms with van der Waals surface area (Å²) in [5.41, 5.74) is 4.39. The van der Waals surface area contributed by atoms with Crippen LogP contribution < -0.4 is 10.6 Å². The Morgan fingerprint density at radius 1 is 1.09 bits per heavy atom. The molecule has 2 amide bonds. The number of carboxylic acids is 1. The fourth-order valence-corrected chi connectivity index (χ4v) is 4.06. The van der Waals surface area contributed by atoms with E-state index in [4.69, 9.17) is 9.47 Å². The molecule has 35 heavy (non-hydrogen) atoms. The summed E-state index contributed by atoms with van der Waals surface area (Å²) in [5.74, 6) is -2.45. The van der Waals surface area contributed by atoms with Gasteiger partial charge in [0.25, 0.3) is 11.9 Å². The second-order valence-corrected chi connectivity index (χ2v) is 7.96. The Morgan fingerprint density at radius 2 is 1.74 bits per heavy atom. The summed E-state index contributed by atoms with van der Waals surface area (Å²) in [5, 5.41) is 20.2. The molecule has 182 valence electrons. The first kappa shape index (κ1) is 23.9. The number of carboxylic acid groups (broad SMARTS) is 1. The molecule has 2 aromatic carbocycles. The quantitative estimate of drug-likeness (QED) is 0.324. The van der Waals surface area contributed by atoms with Crippen molar-refractivity contribution in [2.24, 2.45) is 0 Å². The highest BCUT2D eigenvalue weighted by atomic mass is 16.5. The van der Waals surface area contributed by atoms with Gasteiger partial charge >= 0.3 is 12.1 Å². The van der Waals surface area contributed by atoms with Crippen molar-refractivity contribution in [3.8, 4) is 11.1 Å². The minimum absolute atomic E-state index is 0.104. The number of carbonyl (C=O) groups excluding carboxylic acids is 2. The summed E-state index contributed by atoms with van der Waals surface area (Å²) >= 11 is 0. The van der Waals surface area contributed by atoms with E-state index in [2.05, 4.69) is 25.8 Å². The number of aliphatic carboxylic acids is 1. The Bertz CT molecular complexity index is 1180. The first-order chi connectivity index (χ1) is 17.0. The van der Waals surface area contributed by atoms with E-state index in [-0.39, 0.29) is 30.7 Å². The number of anilines is 1. The normalized spacial score (nSPS) is 12.9. The SMILES string of the molecule is COCCCC(NC(=O)c1nc(NC(=O)OCC2c3ccccc3-c3ccccc32)n[nH]1)C(=O)O. The van der Waals surface area contributed by atoms with E-state index < -0.39 is 24.0 Å². The maximum absolute atomic E-state index is 12.4. The smallest absolute Gasteiger partial charge is 0.414 e. The fraction of sp³-hybridized carbons (Fsp3) is 0.292. The van der Waals surface area contributed by atoms with Crippen LogP contribution in [0, 0.1) is 0 Å². The third-order valence-electron chi connectivity index (χ3n) is 5.70.